The lowest BCUT2D eigenvalue weighted by Gasteiger charge is -1.94. The van der Waals surface area contributed by atoms with Crippen molar-refractivity contribution in [2.75, 3.05) is 26.4 Å². The fourth-order valence-electron chi connectivity index (χ4n) is 0.231. The Morgan fingerprint density at radius 1 is 0.875 bits per heavy atom. The van der Waals surface area contributed by atoms with Gasteiger partial charge in [-0.15, -0.1) is 26.3 Å². The van der Waals surface area contributed by atoms with Crippen LogP contribution in [0.15, 0.2) is 26.3 Å². The van der Waals surface area contributed by atoms with Gasteiger partial charge in [0.2, 0.25) is 0 Å². The summed E-state index contributed by atoms with van der Waals surface area (Å²) in [6, 6.07) is 0. The predicted octanol–water partition coefficient (Wildman–Crippen LogP) is -0.0608. The summed E-state index contributed by atoms with van der Waals surface area (Å²) in [5, 5.41) is 16.2. The van der Waals surface area contributed by atoms with E-state index in [0.717, 1.165) is 0 Å². The predicted molar refractivity (Wildman–Crippen MR) is 61.7 cm³/mol. The Bertz CT molecular complexity index is 177. The van der Waals surface area contributed by atoms with Crippen LogP contribution in [-0.4, -0.2) is 54.2 Å². The first-order chi connectivity index (χ1) is 7.41. The SMILES string of the molecule is C=C.C=C.O=S(=O)(O)O.OCCOCCO. The number of rotatable bonds is 4. The van der Waals surface area contributed by atoms with Crippen molar-refractivity contribution in [1.82, 2.24) is 0 Å². The standard InChI is InChI=1S/C4H10O3.2C2H4.H2O4S/c5-1-3-7-4-2-6;2*1-2;1-5(2,3)4/h5-6H,1-4H2;2*1-2H2;(H2,1,2,3,4). The molecule has 0 aromatic carbocycles. The minimum atomic E-state index is -4.67. The summed E-state index contributed by atoms with van der Waals surface area (Å²) >= 11 is 0. The highest BCUT2D eigenvalue weighted by Gasteiger charge is 1.84. The number of aliphatic hydroxyl groups excluding tert-OH is 2. The van der Waals surface area contributed by atoms with Crippen molar-refractivity contribution < 1.29 is 32.5 Å². The van der Waals surface area contributed by atoms with Crippen molar-refractivity contribution >= 4 is 10.4 Å². The van der Waals surface area contributed by atoms with Gasteiger partial charge in [-0.25, -0.2) is 0 Å². The maximum Gasteiger partial charge on any atom is 0.394 e. The molecule has 8 heteroatoms. The van der Waals surface area contributed by atoms with Crippen LogP contribution in [0.3, 0.4) is 0 Å². The zero-order chi connectivity index (χ0) is 14.0. The van der Waals surface area contributed by atoms with Crippen LogP contribution in [0.25, 0.3) is 0 Å². The molecular formula is C8H20O7S. The van der Waals surface area contributed by atoms with Gasteiger partial charge in [0.25, 0.3) is 0 Å². The molecule has 0 aliphatic heterocycles. The van der Waals surface area contributed by atoms with E-state index in [1.807, 2.05) is 0 Å². The van der Waals surface area contributed by atoms with E-state index in [0.29, 0.717) is 13.2 Å². The summed E-state index contributed by atoms with van der Waals surface area (Å²) < 4.78 is 36.2. The molecule has 4 N–H and O–H groups in total. The second-order valence-electron chi connectivity index (χ2n) is 1.51. The average molecular weight is 260 g/mol. The summed E-state index contributed by atoms with van der Waals surface area (Å²) in [6.07, 6.45) is 0. The van der Waals surface area contributed by atoms with Crippen LogP contribution in [0.2, 0.25) is 0 Å². The molecule has 7 nitrogen and oxygen atoms in total. The largest absolute Gasteiger partial charge is 0.394 e. The Balaban J connectivity index is -0.0000000704. The lowest BCUT2D eigenvalue weighted by Crippen LogP contribution is -2.03. The molecule has 0 spiro atoms. The average Bonchev–Trinajstić information content (AvgIpc) is 2.22. The smallest absolute Gasteiger partial charge is 0.394 e. The van der Waals surface area contributed by atoms with Gasteiger partial charge in [0, 0.05) is 0 Å². The molecule has 16 heavy (non-hydrogen) atoms. The Hall–Kier alpha value is -0.770. The molecule has 0 bridgehead atoms. The molecule has 0 rings (SSSR count). The third kappa shape index (κ3) is 190. The van der Waals surface area contributed by atoms with Crippen LogP contribution in [0.4, 0.5) is 0 Å². The number of ether oxygens (including phenoxy) is 1. The highest BCUT2D eigenvalue weighted by atomic mass is 32.3. The third-order valence-electron chi connectivity index (χ3n) is 0.471. The molecule has 0 saturated carbocycles. The van der Waals surface area contributed by atoms with E-state index in [9.17, 15) is 0 Å². The Morgan fingerprint density at radius 3 is 1.19 bits per heavy atom. The van der Waals surface area contributed by atoms with E-state index in [1.165, 1.54) is 0 Å². The van der Waals surface area contributed by atoms with Gasteiger partial charge in [0.05, 0.1) is 26.4 Å². The highest BCUT2D eigenvalue weighted by molar-refractivity contribution is 7.79. The van der Waals surface area contributed by atoms with E-state index in [2.05, 4.69) is 31.1 Å². The molecule has 100 valence electrons. The third-order valence-corrected chi connectivity index (χ3v) is 0.471. The molecule has 0 heterocycles. The molecule has 0 unspecified atom stereocenters. The van der Waals surface area contributed by atoms with Crippen LogP contribution in [-0.2, 0) is 15.1 Å². The van der Waals surface area contributed by atoms with Crippen LogP contribution in [0.5, 0.6) is 0 Å². The molecule has 0 amide bonds. The second kappa shape index (κ2) is 23.8. The topological polar surface area (TPSA) is 124 Å². The first-order valence-corrected chi connectivity index (χ1v) is 5.31. The van der Waals surface area contributed by atoms with E-state index < -0.39 is 10.4 Å². The van der Waals surface area contributed by atoms with Crippen LogP contribution < -0.4 is 0 Å². The van der Waals surface area contributed by atoms with E-state index in [4.69, 9.17) is 27.7 Å². The first-order valence-electron chi connectivity index (χ1n) is 3.91. The maximum atomic E-state index is 8.74. The van der Waals surface area contributed by atoms with E-state index in [-0.39, 0.29) is 13.2 Å². The molecular weight excluding hydrogens is 240 g/mol. The van der Waals surface area contributed by atoms with Crippen molar-refractivity contribution in [3.63, 3.8) is 0 Å². The number of hydrogen-bond acceptors (Lipinski definition) is 5. The monoisotopic (exact) mass is 260 g/mol. The van der Waals surface area contributed by atoms with Gasteiger partial charge in [0.1, 0.15) is 0 Å². The van der Waals surface area contributed by atoms with Gasteiger partial charge < -0.3 is 14.9 Å². The zero-order valence-corrected chi connectivity index (χ0v) is 9.90. The van der Waals surface area contributed by atoms with Crippen molar-refractivity contribution in [1.29, 1.82) is 0 Å². The molecule has 0 aliphatic carbocycles. The van der Waals surface area contributed by atoms with Crippen LogP contribution in [0.1, 0.15) is 0 Å². The van der Waals surface area contributed by atoms with Crippen molar-refractivity contribution in [2.24, 2.45) is 0 Å². The molecule has 0 aromatic rings. The zero-order valence-electron chi connectivity index (χ0n) is 9.08. The Labute approximate surface area is 96.3 Å². The summed E-state index contributed by atoms with van der Waals surface area (Å²) in [4.78, 5) is 0. The number of aliphatic hydroxyl groups is 2. The summed E-state index contributed by atoms with van der Waals surface area (Å²) in [5.41, 5.74) is 0. The van der Waals surface area contributed by atoms with Gasteiger partial charge in [-0.05, 0) is 0 Å². The fourth-order valence-corrected chi connectivity index (χ4v) is 0.231. The molecule has 0 fully saturated rings. The molecule has 0 atom stereocenters. The minimum absolute atomic E-state index is 0.0278. The molecule has 0 aliphatic rings. The lowest BCUT2D eigenvalue weighted by atomic mass is 10.7. The first kappa shape index (κ1) is 24.5. The quantitative estimate of drug-likeness (QED) is 0.317. The minimum Gasteiger partial charge on any atom is -0.394 e. The Morgan fingerprint density at radius 2 is 1.06 bits per heavy atom. The van der Waals surface area contributed by atoms with Crippen LogP contribution >= 0.6 is 0 Å². The lowest BCUT2D eigenvalue weighted by molar-refractivity contribution is 0.0650. The molecule has 0 radical (unpaired) electrons. The van der Waals surface area contributed by atoms with Gasteiger partial charge in [-0.1, -0.05) is 0 Å². The summed E-state index contributed by atoms with van der Waals surface area (Å²) in [7, 11) is -4.67. The van der Waals surface area contributed by atoms with Gasteiger partial charge in [-0.3, -0.25) is 9.11 Å². The highest BCUT2D eigenvalue weighted by Crippen LogP contribution is 1.68. The summed E-state index contributed by atoms with van der Waals surface area (Å²) in [6.45, 7) is 12.7. The fraction of sp³-hybridized carbons (Fsp3) is 0.500. The molecule has 0 saturated heterocycles. The molecule has 0 aromatic heterocycles. The van der Waals surface area contributed by atoms with Crippen LogP contribution in [0, 0.1) is 0 Å². The van der Waals surface area contributed by atoms with E-state index in [1.54, 1.807) is 0 Å². The van der Waals surface area contributed by atoms with Crippen molar-refractivity contribution in [3.05, 3.63) is 26.3 Å². The van der Waals surface area contributed by atoms with Gasteiger partial charge in [-0.2, -0.15) is 8.42 Å². The second-order valence-corrected chi connectivity index (χ2v) is 2.40. The van der Waals surface area contributed by atoms with Crippen molar-refractivity contribution in [3.8, 4) is 0 Å². The van der Waals surface area contributed by atoms with Crippen molar-refractivity contribution in [2.45, 2.75) is 0 Å². The van der Waals surface area contributed by atoms with Gasteiger partial charge >= 0.3 is 10.4 Å². The summed E-state index contributed by atoms with van der Waals surface area (Å²) in [5.74, 6) is 0. The normalized spacial score (nSPS) is 8.25. The van der Waals surface area contributed by atoms with E-state index >= 15 is 0 Å². The number of hydrogen-bond donors (Lipinski definition) is 4. The Kier molecular flexibility index (Phi) is 36.4. The maximum absolute atomic E-state index is 8.74. The van der Waals surface area contributed by atoms with Gasteiger partial charge in [0.15, 0.2) is 0 Å².